The summed E-state index contributed by atoms with van der Waals surface area (Å²) in [5.74, 6) is 0. The summed E-state index contributed by atoms with van der Waals surface area (Å²) in [6.45, 7) is 3.46. The summed E-state index contributed by atoms with van der Waals surface area (Å²) in [5.41, 5.74) is 0. The van der Waals surface area contributed by atoms with E-state index in [2.05, 4.69) is 25.8 Å². The summed E-state index contributed by atoms with van der Waals surface area (Å²) in [6, 6.07) is 0. The van der Waals surface area contributed by atoms with Gasteiger partial charge in [-0.05, 0) is 0 Å². The van der Waals surface area contributed by atoms with Crippen LogP contribution in [0.1, 0.15) is 0 Å². The van der Waals surface area contributed by atoms with E-state index in [4.69, 9.17) is 0 Å². The van der Waals surface area contributed by atoms with Gasteiger partial charge in [-0.1, -0.05) is 0 Å². The van der Waals surface area contributed by atoms with E-state index >= 15 is 0 Å². The molecule has 0 aromatic rings. The Morgan fingerprint density at radius 1 is 2.00 bits per heavy atom. The molecule has 0 aliphatic heterocycles. The normalized spacial score (nSPS) is 6.50. The Balaban J connectivity index is 2.30. The van der Waals surface area contributed by atoms with Crippen molar-refractivity contribution in [2.24, 2.45) is 0 Å². The Hall–Kier alpha value is 0.402. The van der Waals surface area contributed by atoms with Crippen molar-refractivity contribution in [3.05, 3.63) is 12.7 Å². The summed E-state index contributed by atoms with van der Waals surface area (Å²) in [7, 11) is 0. The second kappa shape index (κ2) is 3.40. The third-order valence-electron chi connectivity index (χ3n) is 0.102. The van der Waals surface area contributed by atoms with Gasteiger partial charge in [0.05, 0.1) is 0 Å². The zero-order valence-electron chi connectivity index (χ0n) is 2.35. The van der Waals surface area contributed by atoms with E-state index in [1.54, 1.807) is 0 Å². The van der Waals surface area contributed by atoms with Crippen molar-refractivity contribution in [2.75, 3.05) is 0 Å². The van der Waals surface area contributed by atoms with Gasteiger partial charge in [0.2, 0.25) is 0 Å². The van der Waals surface area contributed by atoms with Gasteiger partial charge in [0.1, 0.15) is 0 Å². The Morgan fingerprint density at radius 2 is 2.25 bits per heavy atom. The maximum absolute atomic E-state index is 3.46. The van der Waals surface area contributed by atoms with E-state index in [1.165, 1.54) is 0 Å². The van der Waals surface area contributed by atoms with Gasteiger partial charge in [-0.25, -0.2) is 0 Å². The molecule has 0 aliphatic rings. The molecule has 0 atom stereocenters. The molecule has 0 radical (unpaired) electrons. The number of allylic oxidation sites excluding steroid dienone is 1. The van der Waals surface area contributed by atoms with Crippen molar-refractivity contribution in [1.82, 2.24) is 0 Å². The molecule has 0 spiro atoms. The summed E-state index contributed by atoms with van der Waals surface area (Å²) in [5, 5.41) is 0. The van der Waals surface area contributed by atoms with Crippen LogP contribution in [0.4, 0.5) is 0 Å². The molecule has 0 aromatic heterocycles. The topological polar surface area (TPSA) is 0 Å². The summed E-state index contributed by atoms with van der Waals surface area (Å²) in [4.78, 5) is 1.01. The standard InChI is InChI=1S/C3H5.Pd.2H/c1-3-2;;;/h3H,1-2H2;;;. The molecule has 0 aromatic carbocycles. The van der Waals surface area contributed by atoms with Crippen LogP contribution in [0.15, 0.2) is 12.7 Å². The second-order valence-corrected chi connectivity index (χ2v) is 1.14. The fourth-order valence-electron chi connectivity index (χ4n) is 0. The molecule has 29 valence electrons. The van der Waals surface area contributed by atoms with E-state index in [1.807, 2.05) is 6.08 Å². The Kier molecular flexibility index (Phi) is 3.74. The minimum atomic E-state index is 1.01. The van der Waals surface area contributed by atoms with Crippen LogP contribution in [-0.4, -0.2) is 0 Å². The van der Waals surface area contributed by atoms with Gasteiger partial charge in [-0.3, -0.25) is 0 Å². The molecule has 0 bridgehead atoms. The predicted octanol–water partition coefficient (Wildman–Crippen LogP) is 0.602. The summed E-state index contributed by atoms with van der Waals surface area (Å²) < 4.78 is 0. The second-order valence-electron chi connectivity index (χ2n) is 0.433. The van der Waals surface area contributed by atoms with Gasteiger partial charge in [0.25, 0.3) is 0 Å². The van der Waals surface area contributed by atoms with Crippen molar-refractivity contribution in [1.29, 1.82) is 0 Å². The van der Waals surface area contributed by atoms with Crippen molar-refractivity contribution < 1.29 is 19.2 Å². The molecule has 0 aliphatic carbocycles. The van der Waals surface area contributed by atoms with Crippen LogP contribution in [0.3, 0.4) is 0 Å². The van der Waals surface area contributed by atoms with E-state index < -0.39 is 0 Å². The SMILES string of the molecule is C=C[CH2][PdH2]. The fourth-order valence-corrected chi connectivity index (χ4v) is 0. The molecule has 0 rings (SSSR count). The molecule has 0 saturated carbocycles. The molecule has 0 N–H and O–H groups in total. The minimum absolute atomic E-state index is 1.01. The van der Waals surface area contributed by atoms with Crippen LogP contribution in [0.25, 0.3) is 0 Å². The third-order valence-corrected chi connectivity index (χ3v) is 0.604. The zero-order chi connectivity index (χ0) is 3.41. The molecule has 4 heavy (non-hydrogen) atoms. The molecule has 0 amide bonds. The molecule has 0 unspecified atom stereocenters. The Labute approximate surface area is 37.3 Å². The van der Waals surface area contributed by atoms with Crippen LogP contribution in [0.5, 0.6) is 0 Å². The number of hydrogen-bond acceptors (Lipinski definition) is 0. The van der Waals surface area contributed by atoms with Gasteiger partial charge in [0.15, 0.2) is 0 Å². The molecular weight excluding hydrogens is 142 g/mol. The van der Waals surface area contributed by atoms with Crippen molar-refractivity contribution in [2.45, 2.75) is 4.89 Å². The third kappa shape index (κ3) is 2.40. The van der Waals surface area contributed by atoms with Crippen LogP contribution >= 0.6 is 0 Å². The van der Waals surface area contributed by atoms with E-state index in [9.17, 15) is 0 Å². The molecule has 0 saturated heterocycles. The monoisotopic (exact) mass is 149 g/mol. The first-order chi connectivity index (χ1) is 1.91. The van der Waals surface area contributed by atoms with Crippen molar-refractivity contribution in [3.8, 4) is 0 Å². The van der Waals surface area contributed by atoms with E-state index in [-0.39, 0.29) is 0 Å². The van der Waals surface area contributed by atoms with Gasteiger partial charge in [-0.15, -0.1) is 0 Å². The molecule has 1 heteroatoms. The average Bonchev–Trinajstić information content (AvgIpc) is 1.37. The van der Waals surface area contributed by atoms with Crippen molar-refractivity contribution >= 4 is 0 Å². The van der Waals surface area contributed by atoms with Crippen LogP contribution in [-0.2, 0) is 19.2 Å². The maximum atomic E-state index is 3.46. The molecular formula is C3H7Pd. The van der Waals surface area contributed by atoms with Gasteiger partial charge in [-0.2, -0.15) is 0 Å². The fraction of sp³-hybridized carbons (Fsp3) is 0.333. The van der Waals surface area contributed by atoms with Crippen LogP contribution < -0.4 is 0 Å². The summed E-state index contributed by atoms with van der Waals surface area (Å²) in [6.07, 6.45) is 1.84. The molecule has 0 fully saturated rings. The zero-order valence-corrected chi connectivity index (χ0v) is 4.08. The van der Waals surface area contributed by atoms with Gasteiger partial charge < -0.3 is 0 Å². The average molecular weight is 150 g/mol. The van der Waals surface area contributed by atoms with Crippen LogP contribution in [0, 0.1) is 0 Å². The Morgan fingerprint density at radius 3 is 2.25 bits per heavy atom. The summed E-state index contributed by atoms with van der Waals surface area (Å²) >= 11 is 2.46. The quantitative estimate of drug-likeness (QED) is 0.378. The van der Waals surface area contributed by atoms with E-state index in [0.717, 1.165) is 4.89 Å². The number of hydrogen-bond donors (Lipinski definition) is 0. The number of rotatable bonds is 1. The first kappa shape index (κ1) is 4.40. The molecule has 0 nitrogen and oxygen atoms in total. The molecule has 0 heterocycles. The van der Waals surface area contributed by atoms with E-state index in [0.29, 0.717) is 0 Å². The van der Waals surface area contributed by atoms with Gasteiger partial charge in [0, 0.05) is 0 Å². The van der Waals surface area contributed by atoms with Crippen LogP contribution in [0.2, 0.25) is 4.89 Å². The van der Waals surface area contributed by atoms with Crippen molar-refractivity contribution in [3.63, 3.8) is 0 Å². The first-order valence-corrected chi connectivity index (χ1v) is 2.30. The van der Waals surface area contributed by atoms with Gasteiger partial charge >= 0.3 is 36.8 Å². The first-order valence-electron chi connectivity index (χ1n) is 1.07. The Bertz CT molecular complexity index is 17.2. The predicted molar refractivity (Wildman–Crippen MR) is 17.8 cm³/mol.